The summed E-state index contributed by atoms with van der Waals surface area (Å²) in [6.07, 6.45) is 5.24. The number of amides is 1. The number of pyridine rings is 1. The van der Waals surface area contributed by atoms with Crippen LogP contribution in [0.4, 0.5) is 5.82 Å². The van der Waals surface area contributed by atoms with Gasteiger partial charge in [-0.15, -0.1) is 11.3 Å². The average molecular weight is 414 g/mol. The maximum Gasteiger partial charge on any atom is 0.261 e. The summed E-state index contributed by atoms with van der Waals surface area (Å²) in [5.41, 5.74) is 2.77. The number of carbonyl (C=O) groups excluding carboxylic acids is 1. The van der Waals surface area contributed by atoms with Crippen molar-refractivity contribution in [3.63, 3.8) is 0 Å². The van der Waals surface area contributed by atoms with Gasteiger partial charge in [0.15, 0.2) is 0 Å². The van der Waals surface area contributed by atoms with Crippen molar-refractivity contribution in [2.45, 2.75) is 46.6 Å². The number of aryl methyl sites for hydroxylation is 1. The molecular formula is C23H31N3O2S. The monoisotopic (exact) mass is 413 g/mol. The number of hydrogen-bond donors (Lipinski definition) is 1. The Morgan fingerprint density at radius 2 is 2.10 bits per heavy atom. The highest BCUT2D eigenvalue weighted by Crippen LogP contribution is 2.40. The van der Waals surface area contributed by atoms with Crippen LogP contribution in [0.25, 0.3) is 0 Å². The normalized spacial score (nSPS) is 19.7. The molecule has 0 radical (unpaired) electrons. The summed E-state index contributed by atoms with van der Waals surface area (Å²) in [7, 11) is 0. The lowest BCUT2D eigenvalue weighted by Crippen LogP contribution is -2.36. The van der Waals surface area contributed by atoms with Crippen LogP contribution in [0, 0.1) is 11.3 Å². The van der Waals surface area contributed by atoms with E-state index in [2.05, 4.69) is 48.1 Å². The zero-order valence-corrected chi connectivity index (χ0v) is 18.5. The van der Waals surface area contributed by atoms with Gasteiger partial charge in [-0.2, -0.15) is 0 Å². The van der Waals surface area contributed by atoms with Crippen molar-refractivity contribution in [2.24, 2.45) is 11.3 Å². The molecule has 156 valence electrons. The highest BCUT2D eigenvalue weighted by molar-refractivity contribution is 7.14. The number of carbonyl (C=O) groups is 1. The van der Waals surface area contributed by atoms with Crippen LogP contribution in [0.3, 0.4) is 0 Å². The van der Waals surface area contributed by atoms with Crippen molar-refractivity contribution in [3.8, 4) is 0 Å². The quantitative estimate of drug-likeness (QED) is 0.821. The van der Waals surface area contributed by atoms with Crippen molar-refractivity contribution in [1.82, 2.24) is 10.3 Å². The molecule has 2 aliphatic rings. The van der Waals surface area contributed by atoms with Gasteiger partial charge in [-0.25, -0.2) is 4.98 Å². The number of aromatic nitrogens is 1. The molecule has 29 heavy (non-hydrogen) atoms. The van der Waals surface area contributed by atoms with Gasteiger partial charge in [-0.3, -0.25) is 4.79 Å². The standard InChI is InChI=1S/C23H31N3O2S/c1-23(2,3)18-4-5-19-17(13-18)14-20(29-19)22(27)25-15-16-6-7-24-21(12-16)26-8-10-28-11-9-26/h6-7,12,14,18H,4-5,8-11,13,15H2,1-3H3,(H,25,27). The number of rotatable bonds is 4. The Bertz CT molecular complexity index is 865. The molecule has 1 atom stereocenters. The molecule has 1 aliphatic heterocycles. The second-order valence-corrected chi connectivity index (χ2v) is 10.3. The van der Waals surface area contributed by atoms with E-state index in [9.17, 15) is 4.79 Å². The molecule has 1 N–H and O–H groups in total. The lowest BCUT2D eigenvalue weighted by Gasteiger charge is -2.33. The molecule has 5 nitrogen and oxygen atoms in total. The number of morpholine rings is 1. The van der Waals surface area contributed by atoms with Gasteiger partial charge in [0, 0.05) is 30.7 Å². The maximum absolute atomic E-state index is 12.8. The molecule has 6 heteroatoms. The second-order valence-electron chi connectivity index (χ2n) is 9.17. The Hall–Kier alpha value is -1.92. The van der Waals surface area contributed by atoms with Gasteiger partial charge in [0.05, 0.1) is 18.1 Å². The fourth-order valence-corrected chi connectivity index (χ4v) is 5.30. The number of anilines is 1. The molecule has 2 aromatic heterocycles. The van der Waals surface area contributed by atoms with Crippen LogP contribution in [0.2, 0.25) is 0 Å². The minimum absolute atomic E-state index is 0.0291. The molecule has 0 bridgehead atoms. The lowest BCUT2D eigenvalue weighted by atomic mass is 9.72. The fourth-order valence-electron chi connectivity index (χ4n) is 4.18. The number of thiophene rings is 1. The van der Waals surface area contributed by atoms with Crippen LogP contribution in [0.5, 0.6) is 0 Å². The van der Waals surface area contributed by atoms with E-state index in [1.165, 1.54) is 16.9 Å². The van der Waals surface area contributed by atoms with E-state index in [4.69, 9.17) is 4.74 Å². The summed E-state index contributed by atoms with van der Waals surface area (Å²) in [5.74, 6) is 1.68. The van der Waals surface area contributed by atoms with Gasteiger partial charge >= 0.3 is 0 Å². The Morgan fingerprint density at radius 3 is 2.86 bits per heavy atom. The topological polar surface area (TPSA) is 54.5 Å². The number of ether oxygens (including phenoxy) is 1. The molecule has 0 aromatic carbocycles. The van der Waals surface area contributed by atoms with Gasteiger partial charge in [0.25, 0.3) is 5.91 Å². The van der Waals surface area contributed by atoms with Crippen LogP contribution in [0.1, 0.15) is 52.9 Å². The van der Waals surface area contributed by atoms with Gasteiger partial charge < -0.3 is 15.0 Å². The van der Waals surface area contributed by atoms with E-state index < -0.39 is 0 Å². The molecule has 0 saturated carbocycles. The van der Waals surface area contributed by atoms with Gasteiger partial charge in [0.2, 0.25) is 0 Å². The third-order valence-electron chi connectivity index (χ3n) is 6.13. The summed E-state index contributed by atoms with van der Waals surface area (Å²) in [5, 5.41) is 3.10. The molecule has 0 spiro atoms. The van der Waals surface area contributed by atoms with Crippen LogP contribution in [-0.4, -0.2) is 37.2 Å². The van der Waals surface area contributed by atoms with Gasteiger partial charge in [0.1, 0.15) is 5.82 Å². The Morgan fingerprint density at radius 1 is 1.31 bits per heavy atom. The predicted octanol–water partition coefficient (Wildman–Crippen LogP) is 4.06. The smallest absolute Gasteiger partial charge is 0.261 e. The van der Waals surface area contributed by atoms with Crippen molar-refractivity contribution < 1.29 is 9.53 Å². The number of nitrogens with one attached hydrogen (secondary N) is 1. The minimum atomic E-state index is 0.0291. The summed E-state index contributed by atoms with van der Waals surface area (Å²) >= 11 is 1.67. The first-order valence-corrected chi connectivity index (χ1v) is 11.4. The lowest BCUT2D eigenvalue weighted by molar-refractivity contribution is 0.0955. The minimum Gasteiger partial charge on any atom is -0.378 e. The fraction of sp³-hybridized carbons (Fsp3) is 0.565. The van der Waals surface area contributed by atoms with E-state index in [0.717, 1.165) is 55.4 Å². The predicted molar refractivity (Wildman–Crippen MR) is 118 cm³/mol. The summed E-state index contributed by atoms with van der Waals surface area (Å²) in [6.45, 7) is 10.7. The highest BCUT2D eigenvalue weighted by atomic mass is 32.1. The molecule has 4 rings (SSSR count). The molecule has 3 heterocycles. The zero-order chi connectivity index (χ0) is 20.4. The van der Waals surface area contributed by atoms with E-state index in [1.807, 2.05) is 12.3 Å². The van der Waals surface area contributed by atoms with E-state index in [0.29, 0.717) is 17.9 Å². The first-order valence-electron chi connectivity index (χ1n) is 10.6. The maximum atomic E-state index is 12.8. The third-order valence-corrected chi connectivity index (χ3v) is 7.37. The van der Waals surface area contributed by atoms with Gasteiger partial charge in [-0.1, -0.05) is 20.8 Å². The third kappa shape index (κ3) is 4.81. The molecule has 1 amide bonds. The molecular weight excluding hydrogens is 382 g/mol. The highest BCUT2D eigenvalue weighted by Gasteiger charge is 2.30. The van der Waals surface area contributed by atoms with Crippen LogP contribution < -0.4 is 10.2 Å². The van der Waals surface area contributed by atoms with E-state index >= 15 is 0 Å². The van der Waals surface area contributed by atoms with Crippen molar-refractivity contribution in [1.29, 1.82) is 0 Å². The first kappa shape index (κ1) is 20.4. The zero-order valence-electron chi connectivity index (χ0n) is 17.7. The van der Waals surface area contributed by atoms with E-state index in [-0.39, 0.29) is 5.91 Å². The van der Waals surface area contributed by atoms with Crippen molar-refractivity contribution >= 4 is 23.1 Å². The van der Waals surface area contributed by atoms with Crippen molar-refractivity contribution in [2.75, 3.05) is 31.2 Å². The van der Waals surface area contributed by atoms with E-state index in [1.54, 1.807) is 11.3 Å². The Labute approximate surface area is 177 Å². The number of nitrogens with zero attached hydrogens (tertiary/aromatic N) is 2. The average Bonchev–Trinajstić information content (AvgIpc) is 3.16. The Kier molecular flexibility index (Phi) is 5.93. The molecule has 1 aliphatic carbocycles. The first-order chi connectivity index (χ1) is 13.9. The number of fused-ring (bicyclic) bond motifs is 1. The molecule has 2 aromatic rings. The molecule has 1 unspecified atom stereocenters. The summed E-state index contributed by atoms with van der Waals surface area (Å²) in [6, 6.07) is 6.16. The van der Waals surface area contributed by atoms with Crippen LogP contribution in [0.15, 0.2) is 24.4 Å². The summed E-state index contributed by atoms with van der Waals surface area (Å²) < 4.78 is 5.41. The van der Waals surface area contributed by atoms with Crippen LogP contribution in [-0.2, 0) is 24.1 Å². The SMILES string of the molecule is CC(C)(C)C1CCc2sc(C(=O)NCc3ccnc(N4CCOCC4)c3)cc2C1. The molecule has 1 saturated heterocycles. The molecule has 1 fully saturated rings. The summed E-state index contributed by atoms with van der Waals surface area (Å²) in [4.78, 5) is 21.7. The second kappa shape index (κ2) is 8.44. The van der Waals surface area contributed by atoms with Gasteiger partial charge in [-0.05, 0) is 59.9 Å². The largest absolute Gasteiger partial charge is 0.378 e. The van der Waals surface area contributed by atoms with Crippen LogP contribution >= 0.6 is 11.3 Å². The van der Waals surface area contributed by atoms with Crippen molar-refractivity contribution in [3.05, 3.63) is 45.3 Å². The number of hydrogen-bond acceptors (Lipinski definition) is 5. The Balaban J connectivity index is 1.38.